The van der Waals surface area contributed by atoms with Gasteiger partial charge in [0.2, 0.25) is 0 Å². The molecule has 3 aromatic heterocycles. The molecule has 4 rings (SSSR count). The van der Waals surface area contributed by atoms with Crippen LogP contribution in [0.5, 0.6) is 0 Å². The van der Waals surface area contributed by atoms with Gasteiger partial charge in [-0.3, -0.25) is 9.58 Å². The van der Waals surface area contributed by atoms with Crippen molar-refractivity contribution in [2.45, 2.75) is 33.9 Å². The Labute approximate surface area is 169 Å². The molecule has 0 radical (unpaired) electrons. The van der Waals surface area contributed by atoms with Gasteiger partial charge in [-0.05, 0) is 26.3 Å². The number of aryl methyl sites for hydroxylation is 3. The molecule has 0 atom stereocenters. The van der Waals surface area contributed by atoms with Gasteiger partial charge >= 0.3 is 0 Å². The maximum Gasteiger partial charge on any atom is 0.146 e. The summed E-state index contributed by atoms with van der Waals surface area (Å²) in [6, 6.07) is 0. The summed E-state index contributed by atoms with van der Waals surface area (Å²) in [7, 11) is 1.95. The summed E-state index contributed by atoms with van der Waals surface area (Å²) in [6.07, 6.45) is 4.00. The van der Waals surface area contributed by atoms with Gasteiger partial charge in [-0.1, -0.05) is 0 Å². The number of fused-ring (bicyclic) bond motifs is 1. The number of anilines is 1. The van der Waals surface area contributed by atoms with Crippen LogP contribution in [0.15, 0.2) is 12.4 Å². The highest BCUT2D eigenvalue weighted by Gasteiger charge is 2.21. The van der Waals surface area contributed by atoms with Crippen LogP contribution >= 0.6 is 11.3 Å². The van der Waals surface area contributed by atoms with Gasteiger partial charge in [-0.25, -0.2) is 9.97 Å². The topological polar surface area (TPSA) is 59.3 Å². The van der Waals surface area contributed by atoms with E-state index in [9.17, 15) is 0 Å². The molecular formula is C20H28N6OS. The van der Waals surface area contributed by atoms with Crippen LogP contribution in [0.2, 0.25) is 0 Å². The van der Waals surface area contributed by atoms with E-state index in [0.29, 0.717) is 0 Å². The zero-order valence-electron chi connectivity index (χ0n) is 17.1. The molecule has 1 aliphatic heterocycles. The fourth-order valence-corrected chi connectivity index (χ4v) is 4.68. The molecule has 8 heteroatoms. The van der Waals surface area contributed by atoms with Gasteiger partial charge in [-0.2, -0.15) is 5.10 Å². The molecule has 1 fully saturated rings. The molecule has 3 aromatic rings. The number of hydrogen-bond acceptors (Lipinski definition) is 7. The van der Waals surface area contributed by atoms with Crippen molar-refractivity contribution in [3.05, 3.63) is 34.2 Å². The fourth-order valence-electron chi connectivity index (χ4n) is 3.64. The molecule has 1 aliphatic rings. The second-order valence-corrected chi connectivity index (χ2v) is 8.55. The SMILES string of the molecule is CCN(Cc1cnn(C)c1)c1nc(CN2CCOCC2)nc2sc(C)c(C)c12. The predicted molar refractivity (Wildman–Crippen MR) is 113 cm³/mol. The van der Waals surface area contributed by atoms with Gasteiger partial charge in [0.05, 0.1) is 31.3 Å². The summed E-state index contributed by atoms with van der Waals surface area (Å²) in [5, 5.41) is 5.51. The third-order valence-electron chi connectivity index (χ3n) is 5.34. The number of thiophene rings is 1. The summed E-state index contributed by atoms with van der Waals surface area (Å²) in [5.41, 5.74) is 2.48. The van der Waals surface area contributed by atoms with E-state index in [4.69, 9.17) is 14.7 Å². The van der Waals surface area contributed by atoms with Crippen LogP contribution in [0.1, 0.15) is 28.8 Å². The lowest BCUT2D eigenvalue weighted by atomic mass is 10.2. The van der Waals surface area contributed by atoms with Crippen molar-refractivity contribution in [1.82, 2.24) is 24.6 Å². The highest BCUT2D eigenvalue weighted by molar-refractivity contribution is 7.18. The van der Waals surface area contributed by atoms with Crippen molar-refractivity contribution in [3.63, 3.8) is 0 Å². The van der Waals surface area contributed by atoms with Crippen molar-refractivity contribution in [3.8, 4) is 0 Å². The van der Waals surface area contributed by atoms with Gasteiger partial charge < -0.3 is 9.64 Å². The van der Waals surface area contributed by atoms with Gasteiger partial charge in [0.1, 0.15) is 16.5 Å². The largest absolute Gasteiger partial charge is 0.379 e. The molecular weight excluding hydrogens is 372 g/mol. The van der Waals surface area contributed by atoms with Gasteiger partial charge in [-0.15, -0.1) is 11.3 Å². The van der Waals surface area contributed by atoms with E-state index in [0.717, 1.165) is 62.4 Å². The lowest BCUT2D eigenvalue weighted by Crippen LogP contribution is -2.36. The van der Waals surface area contributed by atoms with Crippen LogP contribution in [0.4, 0.5) is 5.82 Å². The predicted octanol–water partition coefficient (Wildman–Crippen LogP) is 2.90. The molecule has 0 amide bonds. The number of morpholine rings is 1. The second kappa shape index (κ2) is 8.14. The Bertz CT molecular complexity index is 959. The molecule has 4 heterocycles. The summed E-state index contributed by atoms with van der Waals surface area (Å²) in [5.74, 6) is 1.94. The van der Waals surface area contributed by atoms with Gasteiger partial charge in [0.15, 0.2) is 0 Å². The molecule has 0 aliphatic carbocycles. The van der Waals surface area contributed by atoms with E-state index < -0.39 is 0 Å². The first-order valence-corrected chi connectivity index (χ1v) is 10.7. The zero-order valence-corrected chi connectivity index (χ0v) is 17.9. The van der Waals surface area contributed by atoms with E-state index in [2.05, 4.69) is 41.9 Å². The smallest absolute Gasteiger partial charge is 0.146 e. The Kier molecular flexibility index (Phi) is 5.61. The quantitative estimate of drug-likeness (QED) is 0.634. The van der Waals surface area contributed by atoms with Crippen LogP contribution in [0, 0.1) is 13.8 Å². The van der Waals surface area contributed by atoms with E-state index in [1.807, 2.05) is 17.9 Å². The van der Waals surface area contributed by atoms with Crippen molar-refractivity contribution in [2.24, 2.45) is 7.05 Å². The van der Waals surface area contributed by atoms with Gasteiger partial charge in [0, 0.05) is 49.9 Å². The van der Waals surface area contributed by atoms with E-state index in [1.54, 1.807) is 11.3 Å². The molecule has 1 saturated heterocycles. The molecule has 0 N–H and O–H groups in total. The monoisotopic (exact) mass is 400 g/mol. The molecule has 7 nitrogen and oxygen atoms in total. The average molecular weight is 401 g/mol. The average Bonchev–Trinajstić information content (AvgIpc) is 3.22. The Hall–Kier alpha value is -2.03. The maximum atomic E-state index is 5.48. The minimum absolute atomic E-state index is 0.771. The maximum absolute atomic E-state index is 5.48. The standard InChI is InChI=1S/C20H28N6OS/c1-5-26(12-16-10-21-24(4)11-16)19-18-14(2)15(3)28-20(18)23-17(22-19)13-25-6-8-27-9-7-25/h10-11H,5-9,12-13H2,1-4H3. The Morgan fingerprint density at radius 2 is 2.00 bits per heavy atom. The first-order valence-electron chi connectivity index (χ1n) is 9.84. The van der Waals surface area contributed by atoms with Crippen LogP contribution in [-0.4, -0.2) is 57.5 Å². The normalized spacial score (nSPS) is 15.4. The first-order chi connectivity index (χ1) is 13.5. The fraction of sp³-hybridized carbons (Fsp3) is 0.550. The molecule has 28 heavy (non-hydrogen) atoms. The molecule has 150 valence electrons. The number of aromatic nitrogens is 4. The lowest BCUT2D eigenvalue weighted by molar-refractivity contribution is 0.0331. The number of ether oxygens (including phenoxy) is 1. The molecule has 0 bridgehead atoms. The molecule has 0 spiro atoms. The van der Waals surface area contributed by atoms with Crippen LogP contribution in [-0.2, 0) is 24.9 Å². The molecule has 0 unspecified atom stereocenters. The summed E-state index contributed by atoms with van der Waals surface area (Å²) < 4.78 is 7.33. The Morgan fingerprint density at radius 3 is 2.68 bits per heavy atom. The van der Waals surface area contributed by atoms with Crippen molar-refractivity contribution in [1.29, 1.82) is 0 Å². The highest BCUT2D eigenvalue weighted by atomic mass is 32.1. The van der Waals surface area contributed by atoms with E-state index in [-0.39, 0.29) is 0 Å². The number of nitrogens with zero attached hydrogens (tertiary/aromatic N) is 6. The van der Waals surface area contributed by atoms with Crippen LogP contribution in [0.3, 0.4) is 0 Å². The first kappa shape index (κ1) is 19.3. The zero-order chi connectivity index (χ0) is 19.7. The highest BCUT2D eigenvalue weighted by Crippen LogP contribution is 2.35. The minimum Gasteiger partial charge on any atom is -0.379 e. The molecule has 0 aromatic carbocycles. The van der Waals surface area contributed by atoms with Crippen molar-refractivity contribution < 1.29 is 4.74 Å². The van der Waals surface area contributed by atoms with Gasteiger partial charge in [0.25, 0.3) is 0 Å². The summed E-state index contributed by atoms with van der Waals surface area (Å²) >= 11 is 1.77. The lowest BCUT2D eigenvalue weighted by Gasteiger charge is -2.27. The third kappa shape index (κ3) is 3.90. The summed E-state index contributed by atoms with van der Waals surface area (Å²) in [6.45, 7) is 12.4. The van der Waals surface area contributed by atoms with Crippen LogP contribution in [0.25, 0.3) is 10.2 Å². The van der Waals surface area contributed by atoms with E-state index >= 15 is 0 Å². The second-order valence-electron chi connectivity index (χ2n) is 7.35. The molecule has 0 saturated carbocycles. The van der Waals surface area contributed by atoms with Crippen molar-refractivity contribution in [2.75, 3.05) is 37.7 Å². The Balaban J connectivity index is 1.72. The minimum atomic E-state index is 0.771. The Morgan fingerprint density at radius 1 is 1.21 bits per heavy atom. The van der Waals surface area contributed by atoms with Crippen molar-refractivity contribution >= 4 is 27.4 Å². The van der Waals surface area contributed by atoms with Crippen LogP contribution < -0.4 is 4.90 Å². The number of hydrogen-bond donors (Lipinski definition) is 0. The number of rotatable bonds is 6. The third-order valence-corrected chi connectivity index (χ3v) is 6.44. The van der Waals surface area contributed by atoms with E-state index in [1.165, 1.54) is 21.4 Å². The summed E-state index contributed by atoms with van der Waals surface area (Å²) in [4.78, 5) is 17.1.